The molecular weight excluding hydrogens is 234 g/mol. The van der Waals surface area contributed by atoms with Gasteiger partial charge in [0.15, 0.2) is 0 Å². The summed E-state index contributed by atoms with van der Waals surface area (Å²) in [6, 6.07) is -0.229. The number of carbonyl (C=O) groups excluding carboxylic acids is 1. The second-order valence-electron chi connectivity index (χ2n) is 5.83. The van der Waals surface area contributed by atoms with Gasteiger partial charge in [0.1, 0.15) is 6.29 Å². The maximum atomic E-state index is 10.3. The van der Waals surface area contributed by atoms with E-state index in [9.17, 15) is 4.79 Å². The Morgan fingerprint density at radius 1 is 0.737 bits per heavy atom. The molecule has 0 radical (unpaired) electrons. The number of unbranched alkanes of at least 4 members (excludes halogenated alkanes) is 12. The lowest BCUT2D eigenvalue weighted by Crippen LogP contribution is -2.20. The summed E-state index contributed by atoms with van der Waals surface area (Å²) in [5.41, 5.74) is 5.54. The summed E-state index contributed by atoms with van der Waals surface area (Å²) in [4.78, 5) is 10.3. The zero-order chi connectivity index (χ0) is 14.2. The van der Waals surface area contributed by atoms with Crippen LogP contribution in [0.5, 0.6) is 0 Å². The summed E-state index contributed by atoms with van der Waals surface area (Å²) < 4.78 is 0. The summed E-state index contributed by atoms with van der Waals surface area (Å²) >= 11 is 0. The van der Waals surface area contributed by atoms with Gasteiger partial charge in [0.05, 0.1) is 6.04 Å². The van der Waals surface area contributed by atoms with Crippen LogP contribution in [0.25, 0.3) is 0 Å². The smallest absolute Gasteiger partial charge is 0.136 e. The fourth-order valence-corrected chi connectivity index (χ4v) is 2.47. The quantitative estimate of drug-likeness (QED) is 0.336. The fraction of sp³-hybridized carbons (Fsp3) is 0.941. The second-order valence-corrected chi connectivity index (χ2v) is 5.83. The molecule has 0 saturated heterocycles. The largest absolute Gasteiger partial charge is 0.322 e. The minimum Gasteiger partial charge on any atom is -0.322 e. The molecule has 0 bridgehead atoms. The number of rotatable bonds is 15. The molecule has 0 heterocycles. The van der Waals surface area contributed by atoms with Crippen LogP contribution >= 0.6 is 0 Å². The van der Waals surface area contributed by atoms with Crippen molar-refractivity contribution in [1.82, 2.24) is 0 Å². The SMILES string of the molecule is CCCCCCCCCCCCCCCC(N)C=O. The molecule has 0 amide bonds. The molecule has 0 aromatic carbocycles. The summed E-state index contributed by atoms with van der Waals surface area (Å²) in [5, 5.41) is 0. The molecule has 0 spiro atoms. The van der Waals surface area contributed by atoms with Crippen LogP contribution in [0.1, 0.15) is 96.8 Å². The topological polar surface area (TPSA) is 43.1 Å². The number of hydrogen-bond acceptors (Lipinski definition) is 2. The van der Waals surface area contributed by atoms with Crippen molar-refractivity contribution >= 4 is 6.29 Å². The minimum atomic E-state index is -0.229. The number of aldehydes is 1. The monoisotopic (exact) mass is 269 g/mol. The Morgan fingerprint density at radius 3 is 1.47 bits per heavy atom. The minimum absolute atomic E-state index is 0.229. The Bertz CT molecular complexity index is 182. The molecule has 0 fully saturated rings. The van der Waals surface area contributed by atoms with E-state index in [1.54, 1.807) is 0 Å². The lowest BCUT2D eigenvalue weighted by Gasteiger charge is -2.04. The first-order valence-corrected chi connectivity index (χ1v) is 8.52. The number of hydrogen-bond donors (Lipinski definition) is 1. The predicted octanol–water partition coefficient (Wildman–Crippen LogP) is 4.99. The van der Waals surface area contributed by atoms with E-state index in [1.165, 1.54) is 77.0 Å². The summed E-state index contributed by atoms with van der Waals surface area (Å²) in [5.74, 6) is 0. The first kappa shape index (κ1) is 18.6. The van der Waals surface area contributed by atoms with Crippen LogP contribution in [0.15, 0.2) is 0 Å². The van der Waals surface area contributed by atoms with Gasteiger partial charge in [-0.25, -0.2) is 0 Å². The van der Waals surface area contributed by atoms with Gasteiger partial charge in [-0.05, 0) is 6.42 Å². The Morgan fingerprint density at radius 2 is 1.11 bits per heavy atom. The highest BCUT2D eigenvalue weighted by Gasteiger charge is 1.98. The molecule has 114 valence electrons. The lowest BCUT2D eigenvalue weighted by atomic mass is 10.0. The normalized spacial score (nSPS) is 12.5. The maximum absolute atomic E-state index is 10.3. The Hall–Kier alpha value is -0.370. The zero-order valence-corrected chi connectivity index (χ0v) is 13.0. The maximum Gasteiger partial charge on any atom is 0.136 e. The van der Waals surface area contributed by atoms with Crippen molar-refractivity contribution in [3.05, 3.63) is 0 Å². The molecule has 2 nitrogen and oxygen atoms in total. The molecule has 0 aliphatic heterocycles. The summed E-state index contributed by atoms with van der Waals surface area (Å²) in [7, 11) is 0. The summed E-state index contributed by atoms with van der Waals surface area (Å²) in [6.45, 7) is 2.27. The van der Waals surface area contributed by atoms with E-state index in [0.29, 0.717) is 0 Å². The van der Waals surface area contributed by atoms with E-state index in [-0.39, 0.29) is 6.04 Å². The van der Waals surface area contributed by atoms with E-state index >= 15 is 0 Å². The fourth-order valence-electron chi connectivity index (χ4n) is 2.47. The van der Waals surface area contributed by atoms with Crippen molar-refractivity contribution in [2.75, 3.05) is 0 Å². The molecule has 0 aliphatic rings. The van der Waals surface area contributed by atoms with Gasteiger partial charge in [-0.2, -0.15) is 0 Å². The highest BCUT2D eigenvalue weighted by molar-refractivity contribution is 5.56. The molecule has 0 saturated carbocycles. The number of nitrogens with two attached hydrogens (primary N) is 1. The third-order valence-electron chi connectivity index (χ3n) is 3.82. The Kier molecular flexibility index (Phi) is 15.4. The highest BCUT2D eigenvalue weighted by Crippen LogP contribution is 2.12. The predicted molar refractivity (Wildman–Crippen MR) is 84.4 cm³/mol. The number of carbonyl (C=O) groups is 1. The Balaban J connectivity index is 2.97. The van der Waals surface area contributed by atoms with Crippen LogP contribution in [-0.2, 0) is 4.79 Å². The molecular formula is C17H35NO. The molecule has 2 heteroatoms. The molecule has 0 aliphatic carbocycles. The van der Waals surface area contributed by atoms with Crippen molar-refractivity contribution in [2.24, 2.45) is 5.73 Å². The van der Waals surface area contributed by atoms with Crippen molar-refractivity contribution in [1.29, 1.82) is 0 Å². The van der Waals surface area contributed by atoms with Gasteiger partial charge in [0, 0.05) is 0 Å². The van der Waals surface area contributed by atoms with Gasteiger partial charge in [0.25, 0.3) is 0 Å². The van der Waals surface area contributed by atoms with E-state index < -0.39 is 0 Å². The molecule has 0 aromatic rings. The molecule has 2 N–H and O–H groups in total. The third-order valence-corrected chi connectivity index (χ3v) is 3.82. The molecule has 0 aromatic heterocycles. The van der Waals surface area contributed by atoms with Crippen molar-refractivity contribution in [2.45, 2.75) is 103 Å². The van der Waals surface area contributed by atoms with Gasteiger partial charge in [-0.3, -0.25) is 0 Å². The van der Waals surface area contributed by atoms with Gasteiger partial charge in [-0.15, -0.1) is 0 Å². The van der Waals surface area contributed by atoms with Crippen LogP contribution < -0.4 is 5.73 Å². The van der Waals surface area contributed by atoms with Gasteiger partial charge in [-0.1, -0.05) is 90.4 Å². The van der Waals surface area contributed by atoms with Crippen LogP contribution in [0, 0.1) is 0 Å². The lowest BCUT2D eigenvalue weighted by molar-refractivity contribution is -0.109. The molecule has 1 atom stereocenters. The zero-order valence-electron chi connectivity index (χ0n) is 13.0. The summed E-state index contributed by atoms with van der Waals surface area (Å²) in [6.07, 6.45) is 19.4. The van der Waals surface area contributed by atoms with E-state index in [2.05, 4.69) is 6.92 Å². The highest BCUT2D eigenvalue weighted by atomic mass is 16.1. The van der Waals surface area contributed by atoms with Crippen LogP contribution in [0.2, 0.25) is 0 Å². The second kappa shape index (κ2) is 15.7. The van der Waals surface area contributed by atoms with Gasteiger partial charge < -0.3 is 10.5 Å². The molecule has 1 unspecified atom stereocenters. The van der Waals surface area contributed by atoms with Crippen LogP contribution in [-0.4, -0.2) is 12.3 Å². The first-order valence-electron chi connectivity index (χ1n) is 8.52. The van der Waals surface area contributed by atoms with Crippen molar-refractivity contribution in [3.63, 3.8) is 0 Å². The van der Waals surface area contributed by atoms with Crippen molar-refractivity contribution in [3.8, 4) is 0 Å². The van der Waals surface area contributed by atoms with E-state index in [0.717, 1.165) is 19.1 Å². The first-order chi connectivity index (χ1) is 9.31. The standard InChI is InChI=1S/C17H35NO/c1-2-3-4-5-6-7-8-9-10-11-12-13-14-15-17(18)16-19/h16-17H,2-15,18H2,1H3. The van der Waals surface area contributed by atoms with Gasteiger partial charge >= 0.3 is 0 Å². The van der Waals surface area contributed by atoms with E-state index in [1.807, 2.05) is 0 Å². The van der Waals surface area contributed by atoms with Crippen LogP contribution in [0.3, 0.4) is 0 Å². The Labute approximate surface area is 120 Å². The molecule has 19 heavy (non-hydrogen) atoms. The average molecular weight is 269 g/mol. The molecule has 0 rings (SSSR count). The van der Waals surface area contributed by atoms with Crippen molar-refractivity contribution < 1.29 is 4.79 Å². The average Bonchev–Trinajstić information content (AvgIpc) is 2.43. The van der Waals surface area contributed by atoms with Crippen LogP contribution in [0.4, 0.5) is 0 Å². The van der Waals surface area contributed by atoms with E-state index in [4.69, 9.17) is 5.73 Å². The van der Waals surface area contributed by atoms with Gasteiger partial charge in [0.2, 0.25) is 0 Å². The third kappa shape index (κ3) is 15.6.